The number of carbonyl (C=O) groups excluding carboxylic acids is 1. The molecule has 1 fully saturated rings. The van der Waals surface area contributed by atoms with Gasteiger partial charge in [0.2, 0.25) is 10.0 Å². The summed E-state index contributed by atoms with van der Waals surface area (Å²) in [6.07, 6.45) is 1.59. The molecule has 1 aliphatic rings. The molecule has 7 nitrogen and oxygen atoms in total. The molecule has 0 radical (unpaired) electrons. The molecule has 0 unspecified atom stereocenters. The molecule has 0 aliphatic carbocycles. The standard InChI is InChI=1S/C21H25N3O4S/c1-15-11-17(3)19(12-16(15)2)14-22-23-21(25)18-5-4-6-20(13-18)29(26,27)24-7-9-28-10-8-24/h4-6,11-14H,7-10H2,1-3H3,(H,23,25)/b22-14-. The largest absolute Gasteiger partial charge is 0.379 e. The fraction of sp³-hybridized carbons (Fsp3) is 0.333. The number of nitrogens with one attached hydrogen (secondary N) is 1. The van der Waals surface area contributed by atoms with Crippen molar-refractivity contribution in [2.75, 3.05) is 26.3 Å². The van der Waals surface area contributed by atoms with Crippen LogP contribution in [0.3, 0.4) is 0 Å². The van der Waals surface area contributed by atoms with Crippen LogP contribution in [0.4, 0.5) is 0 Å². The zero-order valence-corrected chi connectivity index (χ0v) is 17.6. The first-order chi connectivity index (χ1) is 13.8. The van der Waals surface area contributed by atoms with E-state index in [0.717, 1.165) is 16.7 Å². The number of amides is 1. The van der Waals surface area contributed by atoms with Crippen molar-refractivity contribution in [1.29, 1.82) is 0 Å². The number of carbonyl (C=O) groups is 1. The maximum absolute atomic E-state index is 12.8. The van der Waals surface area contributed by atoms with Crippen LogP contribution in [0.2, 0.25) is 0 Å². The molecule has 1 aliphatic heterocycles. The van der Waals surface area contributed by atoms with E-state index in [-0.39, 0.29) is 10.5 Å². The second-order valence-corrected chi connectivity index (χ2v) is 8.97. The Bertz CT molecular complexity index is 1040. The van der Waals surface area contributed by atoms with E-state index >= 15 is 0 Å². The number of morpholine rings is 1. The third-order valence-electron chi connectivity index (χ3n) is 4.96. The summed E-state index contributed by atoms with van der Waals surface area (Å²) in [5.41, 5.74) is 7.01. The first-order valence-electron chi connectivity index (χ1n) is 9.38. The van der Waals surface area contributed by atoms with Gasteiger partial charge in [-0.3, -0.25) is 4.79 Å². The van der Waals surface area contributed by atoms with Crippen LogP contribution >= 0.6 is 0 Å². The number of hydrogen-bond donors (Lipinski definition) is 1. The molecule has 154 valence electrons. The van der Waals surface area contributed by atoms with Gasteiger partial charge in [-0.15, -0.1) is 0 Å². The van der Waals surface area contributed by atoms with E-state index in [0.29, 0.717) is 26.3 Å². The Kier molecular flexibility index (Phi) is 6.46. The SMILES string of the molecule is Cc1cc(C)c(/C=N\NC(=O)c2cccc(S(=O)(=O)N3CCOCC3)c2)cc1C. The van der Waals surface area contributed by atoms with Crippen molar-refractivity contribution in [2.45, 2.75) is 25.7 Å². The molecular weight excluding hydrogens is 390 g/mol. The lowest BCUT2D eigenvalue weighted by Crippen LogP contribution is -2.40. The Balaban J connectivity index is 1.73. The second kappa shape index (κ2) is 8.86. The van der Waals surface area contributed by atoms with Gasteiger partial charge in [-0.1, -0.05) is 12.1 Å². The van der Waals surface area contributed by atoms with Crippen molar-refractivity contribution in [1.82, 2.24) is 9.73 Å². The molecule has 1 saturated heterocycles. The predicted octanol–water partition coefficient (Wildman–Crippen LogP) is 2.40. The van der Waals surface area contributed by atoms with Crippen molar-refractivity contribution >= 4 is 22.1 Å². The normalized spacial score (nSPS) is 15.6. The summed E-state index contributed by atoms with van der Waals surface area (Å²) in [7, 11) is -3.66. The molecule has 0 atom stereocenters. The molecule has 2 aromatic rings. The van der Waals surface area contributed by atoms with Gasteiger partial charge in [0.1, 0.15) is 0 Å². The Morgan fingerprint density at radius 2 is 1.76 bits per heavy atom. The average Bonchev–Trinajstić information content (AvgIpc) is 2.72. The first kappa shape index (κ1) is 21.2. The quantitative estimate of drug-likeness (QED) is 0.600. The molecule has 8 heteroatoms. The summed E-state index contributed by atoms with van der Waals surface area (Å²) in [6.45, 7) is 7.39. The van der Waals surface area contributed by atoms with Crippen molar-refractivity contribution in [3.63, 3.8) is 0 Å². The number of rotatable bonds is 5. The zero-order chi connectivity index (χ0) is 21.0. The van der Waals surface area contributed by atoms with Gasteiger partial charge in [0, 0.05) is 18.7 Å². The number of nitrogens with zero attached hydrogens (tertiary/aromatic N) is 2. The average molecular weight is 416 g/mol. The lowest BCUT2D eigenvalue weighted by atomic mass is 10.0. The maximum Gasteiger partial charge on any atom is 0.271 e. The summed E-state index contributed by atoms with van der Waals surface area (Å²) in [6, 6.07) is 10.1. The van der Waals surface area contributed by atoms with Gasteiger partial charge in [0.15, 0.2) is 0 Å². The molecule has 0 spiro atoms. The van der Waals surface area contributed by atoms with E-state index in [1.807, 2.05) is 26.8 Å². The predicted molar refractivity (Wildman–Crippen MR) is 112 cm³/mol. The third kappa shape index (κ3) is 4.90. The monoisotopic (exact) mass is 415 g/mol. The van der Waals surface area contributed by atoms with E-state index in [2.05, 4.69) is 16.6 Å². The molecule has 0 saturated carbocycles. The van der Waals surface area contributed by atoms with Crippen LogP contribution in [0, 0.1) is 20.8 Å². The van der Waals surface area contributed by atoms with E-state index < -0.39 is 15.9 Å². The van der Waals surface area contributed by atoms with Gasteiger partial charge in [-0.25, -0.2) is 13.8 Å². The fourth-order valence-corrected chi connectivity index (χ4v) is 4.54. The second-order valence-electron chi connectivity index (χ2n) is 7.04. The Labute approximate surface area is 171 Å². The van der Waals surface area contributed by atoms with Gasteiger partial charge in [-0.2, -0.15) is 9.41 Å². The van der Waals surface area contributed by atoms with Crippen LogP contribution in [0.1, 0.15) is 32.6 Å². The Morgan fingerprint density at radius 1 is 1.07 bits per heavy atom. The van der Waals surface area contributed by atoms with Gasteiger partial charge >= 0.3 is 0 Å². The highest BCUT2D eigenvalue weighted by atomic mass is 32.2. The Hall–Kier alpha value is -2.55. The number of hydrogen-bond acceptors (Lipinski definition) is 5. The molecule has 29 heavy (non-hydrogen) atoms. The lowest BCUT2D eigenvalue weighted by molar-refractivity contribution is 0.0730. The highest BCUT2D eigenvalue weighted by molar-refractivity contribution is 7.89. The highest BCUT2D eigenvalue weighted by Crippen LogP contribution is 2.18. The number of hydrazone groups is 1. The number of benzene rings is 2. The molecule has 1 heterocycles. The van der Waals surface area contributed by atoms with Gasteiger partial charge < -0.3 is 4.74 Å². The minimum absolute atomic E-state index is 0.0843. The van der Waals surface area contributed by atoms with Crippen molar-refractivity contribution in [3.05, 3.63) is 64.2 Å². The van der Waals surface area contributed by atoms with Crippen molar-refractivity contribution in [3.8, 4) is 0 Å². The molecule has 1 amide bonds. The summed E-state index contributed by atoms with van der Waals surface area (Å²) in [4.78, 5) is 12.5. The topological polar surface area (TPSA) is 88.1 Å². The number of ether oxygens (including phenoxy) is 1. The molecule has 0 aromatic heterocycles. The number of aryl methyl sites for hydroxylation is 3. The van der Waals surface area contributed by atoms with E-state index in [1.165, 1.54) is 22.0 Å². The fourth-order valence-electron chi connectivity index (χ4n) is 3.08. The molecule has 0 bridgehead atoms. The zero-order valence-electron chi connectivity index (χ0n) is 16.8. The first-order valence-corrected chi connectivity index (χ1v) is 10.8. The van der Waals surface area contributed by atoms with Gasteiger partial charge in [0.05, 0.1) is 24.3 Å². The van der Waals surface area contributed by atoms with E-state index in [1.54, 1.807) is 18.3 Å². The van der Waals surface area contributed by atoms with Crippen molar-refractivity contribution in [2.24, 2.45) is 5.10 Å². The summed E-state index contributed by atoms with van der Waals surface area (Å²) < 4.78 is 32.1. The molecule has 2 aromatic carbocycles. The molecular formula is C21H25N3O4S. The Morgan fingerprint density at radius 3 is 2.48 bits per heavy atom. The molecule has 3 rings (SSSR count). The minimum Gasteiger partial charge on any atom is -0.379 e. The van der Waals surface area contributed by atoms with Crippen LogP contribution in [0.15, 0.2) is 46.4 Å². The third-order valence-corrected chi connectivity index (χ3v) is 6.85. The van der Waals surface area contributed by atoms with Crippen LogP contribution in [0.25, 0.3) is 0 Å². The van der Waals surface area contributed by atoms with Gasteiger partial charge in [0.25, 0.3) is 5.91 Å². The smallest absolute Gasteiger partial charge is 0.271 e. The summed E-state index contributed by atoms with van der Waals surface area (Å²) in [5.74, 6) is -0.471. The van der Waals surface area contributed by atoms with Crippen LogP contribution < -0.4 is 5.43 Å². The molecule has 1 N–H and O–H groups in total. The van der Waals surface area contributed by atoms with E-state index in [4.69, 9.17) is 4.74 Å². The van der Waals surface area contributed by atoms with Crippen LogP contribution in [0.5, 0.6) is 0 Å². The van der Waals surface area contributed by atoms with Gasteiger partial charge in [-0.05, 0) is 67.3 Å². The summed E-state index contributed by atoms with van der Waals surface area (Å²) >= 11 is 0. The van der Waals surface area contributed by atoms with Crippen LogP contribution in [-0.2, 0) is 14.8 Å². The highest BCUT2D eigenvalue weighted by Gasteiger charge is 2.26. The van der Waals surface area contributed by atoms with Crippen molar-refractivity contribution < 1.29 is 17.9 Å². The van der Waals surface area contributed by atoms with Crippen LogP contribution in [-0.4, -0.2) is 51.1 Å². The summed E-state index contributed by atoms with van der Waals surface area (Å²) in [5, 5.41) is 4.03. The lowest BCUT2D eigenvalue weighted by Gasteiger charge is -2.26. The number of sulfonamides is 1. The minimum atomic E-state index is -3.66. The maximum atomic E-state index is 12.8. The van der Waals surface area contributed by atoms with E-state index in [9.17, 15) is 13.2 Å².